The first-order chi connectivity index (χ1) is 15.9. The molecule has 0 saturated carbocycles. The van der Waals surface area contributed by atoms with Crippen molar-refractivity contribution >= 4 is 52.3 Å². The summed E-state index contributed by atoms with van der Waals surface area (Å²) in [5, 5.41) is 2.28. The van der Waals surface area contributed by atoms with Crippen LogP contribution in [-0.4, -0.2) is 28.5 Å². The van der Waals surface area contributed by atoms with E-state index in [0.29, 0.717) is 10.6 Å². The van der Waals surface area contributed by atoms with Crippen molar-refractivity contribution in [1.29, 1.82) is 0 Å². The molecule has 1 aliphatic rings. The number of nitrogens with zero attached hydrogens (tertiary/aromatic N) is 1. The Morgan fingerprint density at radius 2 is 1.61 bits per heavy atom. The van der Waals surface area contributed by atoms with E-state index in [9.17, 15) is 14.4 Å². The number of hydrogen-bond acceptors (Lipinski definition) is 5. The zero-order valence-electron chi connectivity index (χ0n) is 18.2. The lowest BCUT2D eigenvalue weighted by Crippen LogP contribution is -2.36. The second-order valence-corrected chi connectivity index (χ2v) is 9.81. The van der Waals surface area contributed by atoms with E-state index in [1.807, 2.05) is 49.4 Å². The van der Waals surface area contributed by atoms with Crippen LogP contribution in [0.5, 0.6) is 0 Å². The van der Waals surface area contributed by atoms with Crippen molar-refractivity contribution in [1.82, 2.24) is 4.90 Å². The molecular weight excluding hydrogens is 452 g/mol. The van der Waals surface area contributed by atoms with Gasteiger partial charge >= 0.3 is 0 Å². The van der Waals surface area contributed by atoms with Crippen molar-refractivity contribution < 1.29 is 14.4 Å². The van der Waals surface area contributed by atoms with Gasteiger partial charge in [0.05, 0.1) is 4.91 Å². The Morgan fingerprint density at radius 3 is 2.27 bits per heavy atom. The molecule has 5 nitrogen and oxygen atoms in total. The fourth-order valence-electron chi connectivity index (χ4n) is 3.23. The number of imide groups is 1. The Kier molecular flexibility index (Phi) is 7.01. The van der Waals surface area contributed by atoms with Gasteiger partial charge in [-0.25, -0.2) is 0 Å². The third kappa shape index (κ3) is 5.94. The van der Waals surface area contributed by atoms with Gasteiger partial charge < -0.3 is 5.32 Å². The Labute approximate surface area is 201 Å². The van der Waals surface area contributed by atoms with Crippen LogP contribution in [0.2, 0.25) is 0 Å². The van der Waals surface area contributed by atoms with Gasteiger partial charge in [0.1, 0.15) is 6.54 Å². The largest absolute Gasteiger partial charge is 0.325 e. The molecule has 0 aromatic heterocycles. The normalized spacial score (nSPS) is 14.7. The Bertz CT molecular complexity index is 1240. The molecule has 4 rings (SSSR count). The number of hydrogen-bond donors (Lipinski definition) is 1. The van der Waals surface area contributed by atoms with Crippen LogP contribution in [-0.2, 0) is 9.59 Å². The lowest BCUT2D eigenvalue weighted by Gasteiger charge is -2.12. The van der Waals surface area contributed by atoms with Gasteiger partial charge in [-0.3, -0.25) is 19.3 Å². The van der Waals surface area contributed by atoms with Crippen molar-refractivity contribution in [2.75, 3.05) is 11.9 Å². The number of nitrogens with one attached hydrogen (secondary N) is 1. The summed E-state index contributed by atoms with van der Waals surface area (Å²) in [6, 6.07) is 23.4. The fourth-order valence-corrected chi connectivity index (χ4v) is 4.88. The summed E-state index contributed by atoms with van der Waals surface area (Å²) in [7, 11) is 0. The monoisotopic (exact) mass is 474 g/mol. The molecule has 0 bridgehead atoms. The number of carbonyl (C=O) groups is 3. The summed E-state index contributed by atoms with van der Waals surface area (Å²) in [6.07, 6.45) is 1.68. The van der Waals surface area contributed by atoms with Crippen LogP contribution in [0.25, 0.3) is 6.08 Å². The van der Waals surface area contributed by atoms with E-state index in [4.69, 9.17) is 0 Å². The summed E-state index contributed by atoms with van der Waals surface area (Å²) in [5.74, 6) is -0.871. The summed E-state index contributed by atoms with van der Waals surface area (Å²) >= 11 is 2.51. The first-order valence-corrected chi connectivity index (χ1v) is 12.0. The first kappa shape index (κ1) is 22.9. The average Bonchev–Trinajstić information content (AvgIpc) is 3.04. The van der Waals surface area contributed by atoms with E-state index < -0.39 is 17.1 Å². The number of carbonyl (C=O) groups excluding carboxylic acids is 3. The fraction of sp³-hybridized carbons (Fsp3) is 0.115. The number of rotatable bonds is 6. The molecule has 1 N–H and O–H groups in total. The van der Waals surface area contributed by atoms with Gasteiger partial charge in [0.2, 0.25) is 5.91 Å². The number of amides is 3. The average molecular weight is 475 g/mol. The van der Waals surface area contributed by atoms with Crippen molar-refractivity contribution in [2.45, 2.75) is 23.6 Å². The highest BCUT2D eigenvalue weighted by Crippen LogP contribution is 2.33. The van der Waals surface area contributed by atoms with E-state index in [1.165, 1.54) is 5.56 Å². The Hall–Kier alpha value is -3.29. The zero-order valence-corrected chi connectivity index (χ0v) is 19.8. The molecule has 0 unspecified atom stereocenters. The SMILES string of the molecule is Cc1ccc(Sc2ccc(/C=C3\SC(=O)N(CC(=O)Nc4cccc(C)c4)C3=O)cc2)cc1. The maximum absolute atomic E-state index is 12.7. The highest BCUT2D eigenvalue weighted by Gasteiger charge is 2.36. The molecule has 0 radical (unpaired) electrons. The molecule has 0 atom stereocenters. The van der Waals surface area contributed by atoms with Crippen LogP contribution < -0.4 is 5.32 Å². The third-order valence-corrected chi connectivity index (χ3v) is 6.83. The smallest absolute Gasteiger partial charge is 0.294 e. The molecule has 0 spiro atoms. The topological polar surface area (TPSA) is 66.5 Å². The Balaban J connectivity index is 1.39. The van der Waals surface area contributed by atoms with Crippen molar-refractivity contribution in [2.24, 2.45) is 0 Å². The number of anilines is 1. The summed E-state index contributed by atoms with van der Waals surface area (Å²) in [6.45, 7) is 3.66. The van der Waals surface area contributed by atoms with E-state index in [-0.39, 0.29) is 6.54 Å². The minimum Gasteiger partial charge on any atom is -0.325 e. The Morgan fingerprint density at radius 1 is 0.939 bits per heavy atom. The van der Waals surface area contributed by atoms with Crippen molar-refractivity contribution in [3.8, 4) is 0 Å². The van der Waals surface area contributed by atoms with Crippen LogP contribution in [0.15, 0.2) is 87.5 Å². The molecular formula is C26H22N2O3S2. The van der Waals surface area contributed by atoms with Gasteiger partial charge in [0.15, 0.2) is 0 Å². The van der Waals surface area contributed by atoms with Crippen LogP contribution in [0.3, 0.4) is 0 Å². The van der Waals surface area contributed by atoms with Gasteiger partial charge in [0.25, 0.3) is 11.1 Å². The number of benzene rings is 3. The molecule has 166 valence electrons. The van der Waals surface area contributed by atoms with E-state index >= 15 is 0 Å². The molecule has 1 heterocycles. The van der Waals surface area contributed by atoms with E-state index in [2.05, 4.69) is 36.5 Å². The molecule has 1 fully saturated rings. The molecule has 3 amide bonds. The highest BCUT2D eigenvalue weighted by molar-refractivity contribution is 8.18. The van der Waals surface area contributed by atoms with Crippen molar-refractivity contribution in [3.63, 3.8) is 0 Å². The molecule has 1 saturated heterocycles. The quantitative estimate of drug-likeness (QED) is 0.435. The van der Waals surface area contributed by atoms with E-state index in [0.717, 1.165) is 37.6 Å². The minimum absolute atomic E-state index is 0.308. The molecule has 7 heteroatoms. The molecule has 3 aromatic carbocycles. The number of thioether (sulfide) groups is 1. The second kappa shape index (κ2) is 10.1. The summed E-state index contributed by atoms with van der Waals surface area (Å²) in [5.41, 5.74) is 3.67. The number of aryl methyl sites for hydroxylation is 2. The standard InChI is InChI=1S/C26H22N2O3S2/c1-17-6-10-21(11-7-17)32-22-12-8-19(9-13-22)15-23-25(30)28(26(31)33-23)16-24(29)27-20-5-3-4-18(2)14-20/h3-15H,16H2,1-2H3,(H,27,29)/b23-15-. The van der Waals surface area contributed by atoms with Gasteiger partial charge in [-0.15, -0.1) is 0 Å². The second-order valence-electron chi connectivity index (χ2n) is 7.67. The minimum atomic E-state index is -0.456. The predicted octanol–water partition coefficient (Wildman–Crippen LogP) is 6.13. The molecule has 33 heavy (non-hydrogen) atoms. The molecule has 0 aliphatic carbocycles. The predicted molar refractivity (Wildman–Crippen MR) is 134 cm³/mol. The van der Waals surface area contributed by atoms with Crippen molar-refractivity contribution in [3.05, 3.63) is 94.4 Å². The van der Waals surface area contributed by atoms with Crippen LogP contribution in [0.4, 0.5) is 10.5 Å². The highest BCUT2D eigenvalue weighted by atomic mass is 32.2. The molecule has 1 aliphatic heterocycles. The van der Waals surface area contributed by atoms with Gasteiger partial charge in [-0.05, 0) is 79.2 Å². The maximum Gasteiger partial charge on any atom is 0.294 e. The first-order valence-electron chi connectivity index (χ1n) is 10.3. The maximum atomic E-state index is 12.7. The van der Waals surface area contributed by atoms with Crippen LogP contribution >= 0.6 is 23.5 Å². The lowest BCUT2D eigenvalue weighted by atomic mass is 10.2. The van der Waals surface area contributed by atoms with Crippen LogP contribution in [0.1, 0.15) is 16.7 Å². The van der Waals surface area contributed by atoms with E-state index in [1.54, 1.807) is 23.9 Å². The zero-order chi connectivity index (χ0) is 23.4. The summed E-state index contributed by atoms with van der Waals surface area (Å²) < 4.78 is 0. The van der Waals surface area contributed by atoms with Gasteiger partial charge in [-0.2, -0.15) is 0 Å². The van der Waals surface area contributed by atoms with Gasteiger partial charge in [0, 0.05) is 15.5 Å². The summed E-state index contributed by atoms with van der Waals surface area (Å²) in [4.78, 5) is 41.0. The molecule has 3 aromatic rings. The lowest BCUT2D eigenvalue weighted by molar-refractivity contribution is -0.127. The van der Waals surface area contributed by atoms with Crippen LogP contribution in [0, 0.1) is 13.8 Å². The third-order valence-electron chi connectivity index (χ3n) is 4.91. The van der Waals surface area contributed by atoms with Gasteiger partial charge in [-0.1, -0.05) is 53.7 Å².